The van der Waals surface area contributed by atoms with Crippen LogP contribution in [0, 0.1) is 5.92 Å². The van der Waals surface area contributed by atoms with Crippen LogP contribution in [0.25, 0.3) is 0 Å². The van der Waals surface area contributed by atoms with Gasteiger partial charge in [0, 0.05) is 0 Å². The van der Waals surface area contributed by atoms with Gasteiger partial charge < -0.3 is 4.74 Å². The number of esters is 1. The molecule has 2 nitrogen and oxygen atoms in total. The van der Waals surface area contributed by atoms with E-state index in [4.69, 9.17) is 4.74 Å². The Balaban J connectivity index is 2.33. The molecule has 0 radical (unpaired) electrons. The highest BCUT2D eigenvalue weighted by Gasteiger charge is 2.16. The summed E-state index contributed by atoms with van der Waals surface area (Å²) in [5, 5.41) is 1.92. The molecule has 0 aliphatic rings. The summed E-state index contributed by atoms with van der Waals surface area (Å²) >= 11 is 4.95. The predicted molar refractivity (Wildman–Crippen MR) is 113 cm³/mol. The standard InChI is InChI=1S/C21H35BrO2S/c1-3-5-7-9-10-12-14-18(13-11-8-6-4-2)17-24-21(23)19-15-16-25-20(19)22/h15-16,18H,3-14,17H2,1-2H3. The maximum Gasteiger partial charge on any atom is 0.340 e. The minimum atomic E-state index is -0.186. The third-order valence-corrected chi connectivity index (χ3v) is 6.41. The third kappa shape index (κ3) is 10.4. The van der Waals surface area contributed by atoms with E-state index in [0.717, 1.165) is 3.79 Å². The number of unbranched alkanes of at least 4 members (excludes halogenated alkanes) is 8. The van der Waals surface area contributed by atoms with Crippen molar-refractivity contribution in [3.05, 3.63) is 20.8 Å². The zero-order valence-corrected chi connectivity index (χ0v) is 18.4. The summed E-state index contributed by atoms with van der Waals surface area (Å²) < 4.78 is 6.49. The number of rotatable bonds is 15. The van der Waals surface area contributed by atoms with E-state index < -0.39 is 0 Å². The molecule has 0 saturated heterocycles. The van der Waals surface area contributed by atoms with E-state index in [1.54, 1.807) is 0 Å². The Labute approximate surface area is 166 Å². The lowest BCUT2D eigenvalue weighted by Crippen LogP contribution is -2.14. The van der Waals surface area contributed by atoms with E-state index in [1.807, 2.05) is 11.4 Å². The van der Waals surface area contributed by atoms with Crippen LogP contribution in [0.2, 0.25) is 0 Å². The van der Waals surface area contributed by atoms with Crippen LogP contribution < -0.4 is 0 Å². The first-order valence-electron chi connectivity index (χ1n) is 10.1. The zero-order valence-electron chi connectivity index (χ0n) is 16.0. The van der Waals surface area contributed by atoms with Crippen molar-refractivity contribution < 1.29 is 9.53 Å². The Kier molecular flexibility index (Phi) is 13.4. The fraction of sp³-hybridized carbons (Fsp3) is 0.762. The monoisotopic (exact) mass is 430 g/mol. The summed E-state index contributed by atoms with van der Waals surface area (Å²) in [6.45, 7) is 5.07. The van der Waals surface area contributed by atoms with Gasteiger partial charge in [0.05, 0.1) is 16.0 Å². The number of carbonyl (C=O) groups excluding carboxylic acids is 1. The topological polar surface area (TPSA) is 26.3 Å². The maximum atomic E-state index is 12.2. The molecule has 1 aromatic rings. The molecule has 0 aliphatic heterocycles. The fourth-order valence-electron chi connectivity index (χ4n) is 3.09. The van der Waals surface area contributed by atoms with Gasteiger partial charge in [0.1, 0.15) is 0 Å². The van der Waals surface area contributed by atoms with Crippen LogP contribution in [-0.2, 0) is 4.74 Å². The van der Waals surface area contributed by atoms with E-state index in [9.17, 15) is 4.79 Å². The zero-order chi connectivity index (χ0) is 18.3. The molecule has 0 N–H and O–H groups in total. The van der Waals surface area contributed by atoms with Gasteiger partial charge in [-0.2, -0.15) is 0 Å². The first-order valence-corrected chi connectivity index (χ1v) is 11.8. The van der Waals surface area contributed by atoms with Crippen LogP contribution in [-0.4, -0.2) is 12.6 Å². The molecule has 0 spiro atoms. The average Bonchev–Trinajstić information content (AvgIpc) is 3.04. The van der Waals surface area contributed by atoms with E-state index >= 15 is 0 Å². The van der Waals surface area contributed by atoms with Crippen LogP contribution in [0.15, 0.2) is 15.2 Å². The molecule has 1 unspecified atom stereocenters. The molecule has 0 aromatic carbocycles. The van der Waals surface area contributed by atoms with E-state index in [0.29, 0.717) is 18.1 Å². The number of ether oxygens (including phenoxy) is 1. The lowest BCUT2D eigenvalue weighted by molar-refractivity contribution is 0.0422. The van der Waals surface area contributed by atoms with Crippen LogP contribution in [0.5, 0.6) is 0 Å². The van der Waals surface area contributed by atoms with Crippen LogP contribution in [0.3, 0.4) is 0 Å². The highest BCUT2D eigenvalue weighted by Crippen LogP contribution is 2.25. The van der Waals surface area contributed by atoms with Gasteiger partial charge in [-0.3, -0.25) is 0 Å². The van der Waals surface area contributed by atoms with Gasteiger partial charge in [-0.15, -0.1) is 11.3 Å². The Bertz CT molecular complexity index is 459. The molecular formula is C21H35BrO2S. The summed E-state index contributed by atoms with van der Waals surface area (Å²) in [5.74, 6) is 0.332. The van der Waals surface area contributed by atoms with Crippen LogP contribution in [0.4, 0.5) is 0 Å². The Morgan fingerprint density at radius 1 is 1.00 bits per heavy atom. The minimum Gasteiger partial charge on any atom is -0.462 e. The molecule has 1 aromatic heterocycles. The quantitative estimate of drug-likeness (QED) is 0.208. The molecule has 1 heterocycles. The van der Waals surface area contributed by atoms with E-state index in [-0.39, 0.29) is 5.97 Å². The fourth-order valence-corrected chi connectivity index (χ4v) is 4.31. The van der Waals surface area contributed by atoms with Gasteiger partial charge >= 0.3 is 5.97 Å². The highest BCUT2D eigenvalue weighted by atomic mass is 79.9. The summed E-state index contributed by atoms with van der Waals surface area (Å²) in [7, 11) is 0. The summed E-state index contributed by atoms with van der Waals surface area (Å²) in [4.78, 5) is 12.2. The predicted octanol–water partition coefficient (Wildman–Crippen LogP) is 8.00. The van der Waals surface area contributed by atoms with Crippen molar-refractivity contribution in [2.75, 3.05) is 6.61 Å². The molecule has 0 saturated carbocycles. The lowest BCUT2D eigenvalue weighted by Gasteiger charge is -2.17. The molecule has 0 aliphatic carbocycles. The van der Waals surface area contributed by atoms with Gasteiger partial charge in [-0.1, -0.05) is 78.1 Å². The van der Waals surface area contributed by atoms with Gasteiger partial charge in [-0.05, 0) is 46.1 Å². The lowest BCUT2D eigenvalue weighted by atomic mass is 9.95. The second-order valence-corrected chi connectivity index (χ2v) is 9.21. The van der Waals surface area contributed by atoms with Crippen molar-refractivity contribution in [1.82, 2.24) is 0 Å². The summed E-state index contributed by atoms with van der Waals surface area (Å²) in [5.41, 5.74) is 0.661. The maximum absolute atomic E-state index is 12.2. The molecule has 144 valence electrons. The van der Waals surface area contributed by atoms with Crippen LogP contribution in [0.1, 0.15) is 101 Å². The Hall–Kier alpha value is -0.350. The number of carbonyl (C=O) groups is 1. The van der Waals surface area contributed by atoms with Gasteiger partial charge in [0.25, 0.3) is 0 Å². The second-order valence-electron chi connectivity index (χ2n) is 6.98. The molecule has 0 bridgehead atoms. The first-order chi connectivity index (χ1) is 12.2. The SMILES string of the molecule is CCCCCCCCC(CCCCCC)COC(=O)c1ccsc1Br. The number of hydrogen-bond donors (Lipinski definition) is 0. The van der Waals surface area contributed by atoms with Gasteiger partial charge in [-0.25, -0.2) is 4.79 Å². The molecule has 1 atom stereocenters. The molecule has 1 rings (SSSR count). The van der Waals surface area contributed by atoms with Crippen molar-refractivity contribution in [2.24, 2.45) is 5.92 Å². The summed E-state index contributed by atoms with van der Waals surface area (Å²) in [6.07, 6.45) is 15.5. The van der Waals surface area contributed by atoms with Gasteiger partial charge in [0.2, 0.25) is 0 Å². The average molecular weight is 431 g/mol. The van der Waals surface area contributed by atoms with Crippen LogP contribution >= 0.6 is 27.3 Å². The van der Waals surface area contributed by atoms with E-state index in [2.05, 4.69) is 29.8 Å². The largest absolute Gasteiger partial charge is 0.462 e. The van der Waals surface area contributed by atoms with Crippen molar-refractivity contribution in [2.45, 2.75) is 90.9 Å². The van der Waals surface area contributed by atoms with Crippen molar-refractivity contribution >= 4 is 33.2 Å². The number of thiophene rings is 1. The molecule has 0 fully saturated rings. The first kappa shape index (κ1) is 22.7. The summed E-state index contributed by atoms with van der Waals surface area (Å²) in [6, 6.07) is 1.83. The van der Waals surface area contributed by atoms with Crippen molar-refractivity contribution in [1.29, 1.82) is 0 Å². The molecule has 25 heavy (non-hydrogen) atoms. The highest BCUT2D eigenvalue weighted by molar-refractivity contribution is 9.11. The Morgan fingerprint density at radius 3 is 2.12 bits per heavy atom. The number of halogens is 1. The second kappa shape index (κ2) is 14.8. The normalized spacial score (nSPS) is 12.3. The van der Waals surface area contributed by atoms with Gasteiger partial charge in [0.15, 0.2) is 0 Å². The minimum absolute atomic E-state index is 0.186. The molecular weight excluding hydrogens is 396 g/mol. The van der Waals surface area contributed by atoms with Crippen molar-refractivity contribution in [3.63, 3.8) is 0 Å². The molecule has 0 amide bonds. The molecule has 4 heteroatoms. The third-order valence-electron chi connectivity index (χ3n) is 4.72. The smallest absolute Gasteiger partial charge is 0.340 e. The number of hydrogen-bond acceptors (Lipinski definition) is 3. The van der Waals surface area contributed by atoms with Crippen molar-refractivity contribution in [3.8, 4) is 0 Å². The Morgan fingerprint density at radius 2 is 1.56 bits per heavy atom. The van der Waals surface area contributed by atoms with E-state index in [1.165, 1.54) is 88.4 Å².